The third kappa shape index (κ3) is 3.33. The number of thiazole rings is 1. The van der Waals surface area contributed by atoms with Crippen LogP contribution >= 0.6 is 11.3 Å². The SMILES string of the molecule is CC[C@H](NC(=O)c1cccc(-n2cnnc2)n1)c1nc(C)c(C)s1. The van der Waals surface area contributed by atoms with E-state index in [9.17, 15) is 4.79 Å². The number of carbonyl (C=O) groups excluding carboxylic acids is 1. The second kappa shape index (κ2) is 6.88. The zero-order valence-electron chi connectivity index (χ0n) is 13.7. The smallest absolute Gasteiger partial charge is 0.270 e. The average molecular weight is 342 g/mol. The Morgan fingerprint density at radius 2 is 2.00 bits per heavy atom. The van der Waals surface area contributed by atoms with Gasteiger partial charge in [-0.05, 0) is 32.4 Å². The van der Waals surface area contributed by atoms with Crippen molar-refractivity contribution in [3.05, 3.63) is 52.1 Å². The molecule has 1 amide bonds. The zero-order valence-corrected chi connectivity index (χ0v) is 14.5. The Labute approximate surface area is 143 Å². The van der Waals surface area contributed by atoms with Crippen LogP contribution in [0.2, 0.25) is 0 Å². The van der Waals surface area contributed by atoms with Gasteiger partial charge in [0.1, 0.15) is 29.2 Å². The normalized spacial score (nSPS) is 12.1. The molecule has 0 aliphatic rings. The predicted octanol–water partition coefficient (Wildman–Crippen LogP) is 2.62. The number of nitrogens with one attached hydrogen (secondary N) is 1. The van der Waals surface area contributed by atoms with Gasteiger partial charge in [0.25, 0.3) is 5.91 Å². The Morgan fingerprint density at radius 3 is 2.62 bits per heavy atom. The molecule has 0 spiro atoms. The molecule has 0 saturated heterocycles. The summed E-state index contributed by atoms with van der Waals surface area (Å²) in [5.74, 6) is 0.379. The maximum atomic E-state index is 12.6. The standard InChI is InChI=1S/C16H18N6OS/c1-4-12(16-19-10(2)11(3)24-16)21-15(23)13-6-5-7-14(20-13)22-8-17-18-9-22/h5-9,12H,4H2,1-3H3,(H,21,23)/t12-/m0/s1. The number of pyridine rings is 1. The van der Waals surface area contributed by atoms with Gasteiger partial charge in [0.05, 0.1) is 11.7 Å². The van der Waals surface area contributed by atoms with Crippen molar-refractivity contribution in [3.8, 4) is 5.82 Å². The van der Waals surface area contributed by atoms with Crippen molar-refractivity contribution in [1.82, 2.24) is 30.0 Å². The van der Waals surface area contributed by atoms with E-state index in [2.05, 4.69) is 25.5 Å². The summed E-state index contributed by atoms with van der Waals surface area (Å²) in [4.78, 5) is 22.7. The molecule has 0 saturated carbocycles. The topological polar surface area (TPSA) is 85.6 Å². The number of nitrogens with zero attached hydrogens (tertiary/aromatic N) is 5. The van der Waals surface area contributed by atoms with Crippen LogP contribution in [-0.4, -0.2) is 30.6 Å². The summed E-state index contributed by atoms with van der Waals surface area (Å²) in [7, 11) is 0. The summed E-state index contributed by atoms with van der Waals surface area (Å²) in [5, 5.41) is 11.4. The molecule has 1 N–H and O–H groups in total. The van der Waals surface area contributed by atoms with Crippen molar-refractivity contribution >= 4 is 17.2 Å². The van der Waals surface area contributed by atoms with Gasteiger partial charge < -0.3 is 5.32 Å². The number of hydrogen-bond donors (Lipinski definition) is 1. The van der Waals surface area contributed by atoms with E-state index in [1.807, 2.05) is 20.8 Å². The molecule has 3 aromatic rings. The highest BCUT2D eigenvalue weighted by Crippen LogP contribution is 2.25. The molecular weight excluding hydrogens is 324 g/mol. The summed E-state index contributed by atoms with van der Waals surface area (Å²) in [6, 6.07) is 5.16. The predicted molar refractivity (Wildman–Crippen MR) is 91.2 cm³/mol. The number of hydrogen-bond acceptors (Lipinski definition) is 6. The van der Waals surface area contributed by atoms with Gasteiger partial charge in [0, 0.05) is 4.88 Å². The van der Waals surface area contributed by atoms with Gasteiger partial charge in [-0.3, -0.25) is 9.36 Å². The van der Waals surface area contributed by atoms with E-state index in [0.29, 0.717) is 11.5 Å². The quantitative estimate of drug-likeness (QED) is 0.770. The molecule has 124 valence electrons. The average Bonchev–Trinajstić information content (AvgIpc) is 3.23. The van der Waals surface area contributed by atoms with Crippen molar-refractivity contribution in [2.75, 3.05) is 0 Å². The van der Waals surface area contributed by atoms with E-state index < -0.39 is 0 Å². The van der Waals surface area contributed by atoms with Crippen LogP contribution in [0.3, 0.4) is 0 Å². The van der Waals surface area contributed by atoms with E-state index in [0.717, 1.165) is 17.1 Å². The summed E-state index contributed by atoms with van der Waals surface area (Å²) >= 11 is 1.62. The zero-order chi connectivity index (χ0) is 17.1. The summed E-state index contributed by atoms with van der Waals surface area (Å²) in [6.45, 7) is 6.04. The lowest BCUT2D eigenvalue weighted by Gasteiger charge is -2.14. The second-order valence-electron chi connectivity index (χ2n) is 5.38. The third-order valence-electron chi connectivity index (χ3n) is 3.71. The fourth-order valence-corrected chi connectivity index (χ4v) is 3.29. The molecule has 0 radical (unpaired) electrons. The molecule has 3 rings (SSSR count). The largest absolute Gasteiger partial charge is 0.341 e. The van der Waals surface area contributed by atoms with E-state index in [-0.39, 0.29) is 11.9 Å². The fourth-order valence-electron chi connectivity index (χ4n) is 2.23. The minimum Gasteiger partial charge on any atom is -0.341 e. The third-order valence-corrected chi connectivity index (χ3v) is 4.89. The van der Waals surface area contributed by atoms with Crippen molar-refractivity contribution in [2.24, 2.45) is 0 Å². The van der Waals surface area contributed by atoms with Crippen LogP contribution in [0.25, 0.3) is 5.82 Å². The van der Waals surface area contributed by atoms with Crippen molar-refractivity contribution in [1.29, 1.82) is 0 Å². The first kappa shape index (κ1) is 16.3. The lowest BCUT2D eigenvalue weighted by atomic mass is 10.2. The first-order valence-corrected chi connectivity index (χ1v) is 8.47. The van der Waals surface area contributed by atoms with Gasteiger partial charge in [-0.2, -0.15) is 0 Å². The Balaban J connectivity index is 1.80. The number of amides is 1. The minimum atomic E-state index is -0.220. The van der Waals surface area contributed by atoms with Crippen LogP contribution in [-0.2, 0) is 0 Å². The first-order chi connectivity index (χ1) is 11.6. The second-order valence-corrected chi connectivity index (χ2v) is 6.61. The molecular formula is C16H18N6OS. The Morgan fingerprint density at radius 1 is 1.25 bits per heavy atom. The lowest BCUT2D eigenvalue weighted by Crippen LogP contribution is -2.29. The minimum absolute atomic E-state index is 0.115. The van der Waals surface area contributed by atoms with Crippen LogP contribution in [0.1, 0.15) is 45.5 Å². The van der Waals surface area contributed by atoms with E-state index >= 15 is 0 Å². The molecule has 8 heteroatoms. The summed E-state index contributed by atoms with van der Waals surface area (Å²) < 4.78 is 1.65. The van der Waals surface area contributed by atoms with Gasteiger partial charge in [0.15, 0.2) is 0 Å². The van der Waals surface area contributed by atoms with Crippen molar-refractivity contribution in [2.45, 2.75) is 33.2 Å². The Kier molecular flexibility index (Phi) is 4.66. The molecule has 0 fully saturated rings. The molecule has 1 atom stereocenters. The fraction of sp³-hybridized carbons (Fsp3) is 0.312. The van der Waals surface area contributed by atoms with Gasteiger partial charge in [-0.25, -0.2) is 9.97 Å². The van der Waals surface area contributed by atoms with Crippen LogP contribution in [0, 0.1) is 13.8 Å². The van der Waals surface area contributed by atoms with Crippen LogP contribution in [0.5, 0.6) is 0 Å². The highest BCUT2D eigenvalue weighted by atomic mass is 32.1. The first-order valence-electron chi connectivity index (χ1n) is 7.65. The van der Waals surface area contributed by atoms with E-state index in [1.54, 1.807) is 46.8 Å². The monoisotopic (exact) mass is 342 g/mol. The molecule has 0 bridgehead atoms. The maximum Gasteiger partial charge on any atom is 0.270 e. The van der Waals surface area contributed by atoms with Crippen LogP contribution in [0.4, 0.5) is 0 Å². The van der Waals surface area contributed by atoms with Gasteiger partial charge in [0.2, 0.25) is 0 Å². The molecule has 3 aromatic heterocycles. The molecule has 0 aliphatic heterocycles. The van der Waals surface area contributed by atoms with Gasteiger partial charge in [-0.15, -0.1) is 21.5 Å². The van der Waals surface area contributed by atoms with E-state index in [1.165, 1.54) is 4.88 Å². The van der Waals surface area contributed by atoms with E-state index in [4.69, 9.17) is 0 Å². The number of carbonyl (C=O) groups is 1. The molecule has 0 aromatic carbocycles. The Hall–Kier alpha value is -2.61. The number of aryl methyl sites for hydroxylation is 2. The molecule has 0 unspecified atom stereocenters. The van der Waals surface area contributed by atoms with Crippen molar-refractivity contribution in [3.63, 3.8) is 0 Å². The highest BCUT2D eigenvalue weighted by molar-refractivity contribution is 7.11. The molecule has 3 heterocycles. The molecule has 24 heavy (non-hydrogen) atoms. The van der Waals surface area contributed by atoms with Crippen molar-refractivity contribution < 1.29 is 4.79 Å². The number of rotatable bonds is 5. The molecule has 7 nitrogen and oxygen atoms in total. The summed E-state index contributed by atoms with van der Waals surface area (Å²) in [6.07, 6.45) is 3.85. The van der Waals surface area contributed by atoms with Gasteiger partial charge in [-0.1, -0.05) is 13.0 Å². The lowest BCUT2D eigenvalue weighted by molar-refractivity contribution is 0.0930. The summed E-state index contributed by atoms with van der Waals surface area (Å²) in [5.41, 5.74) is 1.36. The number of aromatic nitrogens is 5. The van der Waals surface area contributed by atoms with Gasteiger partial charge >= 0.3 is 0 Å². The highest BCUT2D eigenvalue weighted by Gasteiger charge is 2.19. The molecule has 0 aliphatic carbocycles. The van der Waals surface area contributed by atoms with Crippen LogP contribution < -0.4 is 5.32 Å². The Bertz CT molecular complexity index is 823. The maximum absolute atomic E-state index is 12.6. The van der Waals surface area contributed by atoms with Crippen LogP contribution in [0.15, 0.2) is 30.9 Å².